The van der Waals surface area contributed by atoms with Crippen molar-refractivity contribution in [2.24, 2.45) is 0 Å². The Hall–Kier alpha value is -1.56. The number of carbonyl (C=O) groups is 2. The first kappa shape index (κ1) is 15.5. The van der Waals surface area contributed by atoms with Gasteiger partial charge >= 0.3 is 5.97 Å². The zero-order chi connectivity index (χ0) is 14.4. The molecule has 0 fully saturated rings. The molecule has 1 aromatic carbocycles. The highest BCUT2D eigenvalue weighted by atomic mass is 32.2. The van der Waals surface area contributed by atoms with Gasteiger partial charge in [-0.2, -0.15) is 0 Å². The highest BCUT2D eigenvalue weighted by Crippen LogP contribution is 2.25. The molecule has 1 atom stereocenters. The smallest absolute Gasteiger partial charge is 0.338 e. The lowest BCUT2D eigenvalue weighted by Gasteiger charge is -2.11. The topological polar surface area (TPSA) is 66.4 Å². The monoisotopic (exact) mass is 285 g/mol. The van der Waals surface area contributed by atoms with Crippen LogP contribution in [0.1, 0.15) is 30.6 Å². The quantitative estimate of drug-likeness (QED) is 0.788. The summed E-state index contributed by atoms with van der Waals surface area (Å²) < 4.78 is 13.2. The third kappa shape index (κ3) is 4.55. The molecule has 0 aliphatic heterocycles. The summed E-state index contributed by atoms with van der Waals surface area (Å²) in [6, 6.07) is 3.81. The molecular weight excluding hydrogens is 269 g/mol. The third-order valence-electron chi connectivity index (χ3n) is 2.40. The first-order valence-electron chi connectivity index (χ1n) is 5.93. The number of rotatable bonds is 6. The average Bonchev–Trinajstić information content (AvgIpc) is 2.37. The average molecular weight is 285 g/mol. The summed E-state index contributed by atoms with van der Waals surface area (Å²) in [6.45, 7) is 4.28. The van der Waals surface area contributed by atoms with E-state index in [1.165, 1.54) is 23.9 Å². The number of amides is 1. The van der Waals surface area contributed by atoms with Crippen LogP contribution in [-0.2, 0) is 4.79 Å². The molecule has 2 N–H and O–H groups in total. The fraction of sp³-hybridized carbons (Fsp3) is 0.385. The van der Waals surface area contributed by atoms with Crippen molar-refractivity contribution in [2.45, 2.75) is 30.4 Å². The summed E-state index contributed by atoms with van der Waals surface area (Å²) in [6.07, 6.45) is 0.850. The molecular formula is C13H16FNO3S. The summed E-state index contributed by atoms with van der Waals surface area (Å²) in [7, 11) is 0. The molecule has 0 radical (unpaired) electrons. The zero-order valence-electron chi connectivity index (χ0n) is 10.8. The summed E-state index contributed by atoms with van der Waals surface area (Å²) in [5.74, 6) is -2.21. The van der Waals surface area contributed by atoms with Gasteiger partial charge in [-0.1, -0.05) is 6.92 Å². The van der Waals surface area contributed by atoms with Crippen LogP contribution in [0.25, 0.3) is 0 Å². The van der Waals surface area contributed by atoms with E-state index in [1.807, 2.05) is 6.92 Å². The molecule has 19 heavy (non-hydrogen) atoms. The van der Waals surface area contributed by atoms with Gasteiger partial charge in [-0.3, -0.25) is 4.79 Å². The van der Waals surface area contributed by atoms with Gasteiger partial charge in [0.15, 0.2) is 0 Å². The Bertz CT molecular complexity index is 479. The molecule has 0 spiro atoms. The Labute approximate surface area is 115 Å². The van der Waals surface area contributed by atoms with Gasteiger partial charge in [0, 0.05) is 11.4 Å². The van der Waals surface area contributed by atoms with Crippen LogP contribution in [0.15, 0.2) is 23.1 Å². The molecule has 1 amide bonds. The summed E-state index contributed by atoms with van der Waals surface area (Å²) >= 11 is 1.20. The van der Waals surface area contributed by atoms with E-state index >= 15 is 0 Å². The van der Waals surface area contributed by atoms with Gasteiger partial charge in [0.1, 0.15) is 5.82 Å². The minimum absolute atomic E-state index is 0.118. The van der Waals surface area contributed by atoms with Gasteiger partial charge in [0.05, 0.1) is 10.8 Å². The molecule has 104 valence electrons. The van der Waals surface area contributed by atoms with Crippen LogP contribution in [-0.4, -0.2) is 28.8 Å². The van der Waals surface area contributed by atoms with Crippen molar-refractivity contribution in [1.29, 1.82) is 0 Å². The van der Waals surface area contributed by atoms with E-state index in [4.69, 9.17) is 5.11 Å². The van der Waals surface area contributed by atoms with E-state index in [9.17, 15) is 14.0 Å². The van der Waals surface area contributed by atoms with Crippen LogP contribution in [0.5, 0.6) is 0 Å². The number of carboxylic acid groups (broad SMARTS) is 1. The Balaban J connectivity index is 2.74. The van der Waals surface area contributed by atoms with Gasteiger partial charge < -0.3 is 10.4 Å². The molecule has 4 nitrogen and oxygen atoms in total. The second kappa shape index (κ2) is 7.13. The SMILES string of the molecule is CCCNC(=O)C(C)Sc1ccc(F)c(C(=O)O)c1. The maximum atomic E-state index is 13.2. The largest absolute Gasteiger partial charge is 0.478 e. The van der Waals surface area contributed by atoms with Crippen molar-refractivity contribution in [3.8, 4) is 0 Å². The van der Waals surface area contributed by atoms with E-state index in [0.29, 0.717) is 11.4 Å². The Morgan fingerprint density at radius 2 is 2.16 bits per heavy atom. The summed E-state index contributed by atoms with van der Waals surface area (Å²) in [4.78, 5) is 23.0. The van der Waals surface area contributed by atoms with Gasteiger partial charge in [-0.15, -0.1) is 11.8 Å². The minimum atomic E-state index is -1.32. The van der Waals surface area contributed by atoms with Crippen LogP contribution >= 0.6 is 11.8 Å². The second-order valence-corrected chi connectivity index (χ2v) is 5.41. The molecule has 0 heterocycles. The van der Waals surface area contributed by atoms with Crippen LogP contribution in [0.4, 0.5) is 4.39 Å². The highest BCUT2D eigenvalue weighted by molar-refractivity contribution is 8.00. The van der Waals surface area contributed by atoms with E-state index in [1.54, 1.807) is 6.92 Å². The van der Waals surface area contributed by atoms with Crippen LogP contribution < -0.4 is 5.32 Å². The van der Waals surface area contributed by atoms with E-state index < -0.39 is 11.8 Å². The van der Waals surface area contributed by atoms with Gasteiger partial charge in [0.25, 0.3) is 0 Å². The number of thioether (sulfide) groups is 1. The highest BCUT2D eigenvalue weighted by Gasteiger charge is 2.16. The second-order valence-electron chi connectivity index (χ2n) is 4.00. The molecule has 6 heteroatoms. The first-order chi connectivity index (χ1) is 8.95. The minimum Gasteiger partial charge on any atom is -0.478 e. The number of hydrogen-bond acceptors (Lipinski definition) is 3. The summed E-state index contributed by atoms with van der Waals surface area (Å²) in [5, 5.41) is 11.2. The number of benzene rings is 1. The Morgan fingerprint density at radius 3 is 2.74 bits per heavy atom. The third-order valence-corrected chi connectivity index (χ3v) is 3.49. The Kier molecular flexibility index (Phi) is 5.82. The normalized spacial score (nSPS) is 11.9. The lowest BCUT2D eigenvalue weighted by molar-refractivity contribution is -0.120. The predicted octanol–water partition coefficient (Wildman–Crippen LogP) is 2.53. The number of halogens is 1. The molecule has 0 aromatic heterocycles. The maximum Gasteiger partial charge on any atom is 0.338 e. The van der Waals surface area contributed by atoms with E-state index in [0.717, 1.165) is 12.5 Å². The number of carbonyl (C=O) groups excluding carboxylic acids is 1. The molecule has 0 saturated carbocycles. The van der Waals surface area contributed by atoms with E-state index in [-0.39, 0.29) is 16.7 Å². The van der Waals surface area contributed by atoms with Crippen molar-refractivity contribution in [2.75, 3.05) is 6.54 Å². The van der Waals surface area contributed by atoms with Crippen LogP contribution in [0.3, 0.4) is 0 Å². The number of aromatic carboxylic acids is 1. The lowest BCUT2D eigenvalue weighted by Crippen LogP contribution is -2.31. The molecule has 1 unspecified atom stereocenters. The van der Waals surface area contributed by atoms with Crippen molar-refractivity contribution < 1.29 is 19.1 Å². The number of carboxylic acids is 1. The first-order valence-corrected chi connectivity index (χ1v) is 6.81. The van der Waals surface area contributed by atoms with Crippen molar-refractivity contribution in [3.63, 3.8) is 0 Å². The van der Waals surface area contributed by atoms with Crippen molar-refractivity contribution >= 4 is 23.6 Å². The molecule has 1 rings (SSSR count). The van der Waals surface area contributed by atoms with Crippen LogP contribution in [0, 0.1) is 5.82 Å². The standard InChI is InChI=1S/C13H16FNO3S/c1-3-6-15-12(16)8(2)19-9-4-5-11(14)10(7-9)13(17)18/h4-5,7-8H,3,6H2,1-2H3,(H,15,16)(H,17,18). The molecule has 0 saturated heterocycles. The predicted molar refractivity (Wildman–Crippen MR) is 72.0 cm³/mol. The lowest BCUT2D eigenvalue weighted by atomic mass is 10.2. The molecule has 0 aliphatic carbocycles. The molecule has 1 aromatic rings. The van der Waals surface area contributed by atoms with Gasteiger partial charge in [0.2, 0.25) is 5.91 Å². The zero-order valence-corrected chi connectivity index (χ0v) is 11.6. The van der Waals surface area contributed by atoms with E-state index in [2.05, 4.69) is 5.32 Å². The summed E-state index contributed by atoms with van der Waals surface area (Å²) in [5.41, 5.74) is -0.383. The molecule has 0 bridgehead atoms. The van der Waals surface area contributed by atoms with Crippen molar-refractivity contribution in [3.05, 3.63) is 29.6 Å². The van der Waals surface area contributed by atoms with Gasteiger partial charge in [-0.25, -0.2) is 9.18 Å². The maximum absolute atomic E-state index is 13.2. The molecule has 0 aliphatic rings. The van der Waals surface area contributed by atoms with Gasteiger partial charge in [-0.05, 0) is 31.5 Å². The Morgan fingerprint density at radius 1 is 1.47 bits per heavy atom. The van der Waals surface area contributed by atoms with Crippen molar-refractivity contribution in [1.82, 2.24) is 5.32 Å². The number of nitrogens with one attached hydrogen (secondary N) is 1. The number of hydrogen-bond donors (Lipinski definition) is 2. The van der Waals surface area contributed by atoms with Crippen LogP contribution in [0.2, 0.25) is 0 Å². The fourth-order valence-corrected chi connectivity index (χ4v) is 2.32. The fourth-order valence-electron chi connectivity index (χ4n) is 1.39.